The lowest BCUT2D eigenvalue weighted by Crippen LogP contribution is -2.34. The fourth-order valence-corrected chi connectivity index (χ4v) is 5.48. The minimum Gasteiger partial charge on any atom is -0.337 e. The largest absolute Gasteiger partial charge is 0.337 e. The summed E-state index contributed by atoms with van der Waals surface area (Å²) < 4.78 is 1.96. The number of thiophene rings is 1. The van der Waals surface area contributed by atoms with Crippen molar-refractivity contribution >= 4 is 62.6 Å². The second-order valence-corrected chi connectivity index (χ2v) is 10.8. The molecule has 0 aliphatic carbocycles. The molecular formula is C27H31ClN6O3S. The zero-order valence-electron chi connectivity index (χ0n) is 21.4. The van der Waals surface area contributed by atoms with Gasteiger partial charge in [0.2, 0.25) is 17.8 Å². The van der Waals surface area contributed by atoms with Crippen LogP contribution < -0.4 is 10.6 Å². The summed E-state index contributed by atoms with van der Waals surface area (Å²) in [4.78, 5) is 46.8. The number of hydrogen-bond donors (Lipinski definition) is 2. The summed E-state index contributed by atoms with van der Waals surface area (Å²) in [6.07, 6.45) is 7.28. The first kappa shape index (κ1) is 27.6. The van der Waals surface area contributed by atoms with Crippen LogP contribution in [0, 0.1) is 0 Å². The molecule has 9 nitrogen and oxygen atoms in total. The molecular weight excluding hydrogens is 524 g/mol. The number of hydrogen-bond acceptors (Lipinski definition) is 6. The Balaban J connectivity index is 1.63. The van der Waals surface area contributed by atoms with Crippen molar-refractivity contribution in [3.05, 3.63) is 65.0 Å². The minimum absolute atomic E-state index is 0.0347. The van der Waals surface area contributed by atoms with Gasteiger partial charge in [-0.05, 0) is 63.7 Å². The Kier molecular flexibility index (Phi) is 8.98. The van der Waals surface area contributed by atoms with Gasteiger partial charge in [-0.2, -0.15) is 0 Å². The normalized spacial score (nSPS) is 16.1. The van der Waals surface area contributed by atoms with E-state index in [1.54, 1.807) is 24.3 Å². The number of carbonyl (C=O) groups excluding carboxylic acids is 3. The van der Waals surface area contributed by atoms with Crippen molar-refractivity contribution in [1.82, 2.24) is 19.4 Å². The van der Waals surface area contributed by atoms with Crippen molar-refractivity contribution in [3.63, 3.8) is 0 Å². The Morgan fingerprint density at radius 3 is 2.79 bits per heavy atom. The topological polar surface area (TPSA) is 99.6 Å². The van der Waals surface area contributed by atoms with Gasteiger partial charge in [0.1, 0.15) is 0 Å². The number of carbonyl (C=O) groups is 3. The molecule has 1 aromatic carbocycles. The van der Waals surface area contributed by atoms with Crippen LogP contribution >= 0.6 is 22.9 Å². The highest BCUT2D eigenvalue weighted by molar-refractivity contribution is 7.18. The van der Waals surface area contributed by atoms with Gasteiger partial charge in [0, 0.05) is 25.7 Å². The number of nitrogens with zero attached hydrogens (tertiary/aromatic N) is 4. The highest BCUT2D eigenvalue weighted by Crippen LogP contribution is 2.34. The summed E-state index contributed by atoms with van der Waals surface area (Å²) >= 11 is 7.79. The average molecular weight is 555 g/mol. The summed E-state index contributed by atoms with van der Waals surface area (Å²) in [7, 11) is 3.91. The molecule has 1 aliphatic heterocycles. The number of imidazole rings is 1. The molecule has 3 heterocycles. The number of nitrogens with one attached hydrogen (secondary N) is 2. The Hall–Kier alpha value is -3.47. The molecule has 1 atom stereocenters. The standard InChI is InChI=1S/C27H31ClN6O3S/c1-4-22(35)30-23-14-13-21(38-23)26(37)31-27-29-20-11-7-10-19(28)25(20)34(27)18-9-5-6-16-33(17-18)24(36)12-8-15-32(2)3/h4,7-8,10-14,18H,1,5-6,9,15-17H2,2-3H3,(H,30,35)(H,29,31,37)/b12-8+/t18-/m1/s1. The molecule has 38 heavy (non-hydrogen) atoms. The predicted molar refractivity (Wildman–Crippen MR) is 153 cm³/mol. The molecule has 11 heteroatoms. The fourth-order valence-electron chi connectivity index (χ4n) is 4.41. The van der Waals surface area contributed by atoms with Crippen LogP contribution in [-0.4, -0.2) is 70.8 Å². The van der Waals surface area contributed by atoms with Crippen LogP contribution in [-0.2, 0) is 9.59 Å². The molecule has 4 rings (SSSR count). The lowest BCUT2D eigenvalue weighted by molar-refractivity contribution is -0.126. The Morgan fingerprint density at radius 1 is 1.21 bits per heavy atom. The maximum Gasteiger partial charge on any atom is 0.268 e. The molecule has 0 unspecified atom stereocenters. The molecule has 2 aromatic heterocycles. The minimum atomic E-state index is -0.352. The van der Waals surface area contributed by atoms with Gasteiger partial charge < -0.3 is 19.7 Å². The van der Waals surface area contributed by atoms with Crippen LogP contribution in [0.2, 0.25) is 5.02 Å². The average Bonchev–Trinajstić information content (AvgIpc) is 3.41. The van der Waals surface area contributed by atoms with Crippen molar-refractivity contribution in [3.8, 4) is 0 Å². The van der Waals surface area contributed by atoms with Crippen molar-refractivity contribution in [1.29, 1.82) is 0 Å². The van der Waals surface area contributed by atoms with Crippen molar-refractivity contribution in [2.24, 2.45) is 0 Å². The third kappa shape index (κ3) is 6.50. The second-order valence-electron chi connectivity index (χ2n) is 9.32. The first-order valence-corrected chi connectivity index (χ1v) is 13.6. The molecule has 3 aromatic rings. The summed E-state index contributed by atoms with van der Waals surface area (Å²) in [5.41, 5.74) is 1.38. The molecule has 1 saturated heterocycles. The smallest absolute Gasteiger partial charge is 0.268 e. The van der Waals surface area contributed by atoms with Gasteiger partial charge in [0.25, 0.3) is 5.91 Å². The number of rotatable bonds is 8. The summed E-state index contributed by atoms with van der Waals surface area (Å²) in [6, 6.07) is 8.65. The van der Waals surface area contributed by atoms with E-state index in [9.17, 15) is 14.4 Å². The van der Waals surface area contributed by atoms with Crippen molar-refractivity contribution in [2.75, 3.05) is 44.4 Å². The fraction of sp³-hybridized carbons (Fsp3) is 0.333. The number of likely N-dealkylation sites (tertiary alicyclic amines) is 1. The van der Waals surface area contributed by atoms with Gasteiger partial charge in [-0.3, -0.25) is 19.7 Å². The van der Waals surface area contributed by atoms with Crippen LogP contribution in [0.1, 0.15) is 35.0 Å². The van der Waals surface area contributed by atoms with Gasteiger partial charge in [0.05, 0.1) is 32.0 Å². The molecule has 0 radical (unpaired) electrons. The van der Waals surface area contributed by atoms with Gasteiger partial charge in [-0.1, -0.05) is 30.3 Å². The summed E-state index contributed by atoms with van der Waals surface area (Å²) in [6.45, 7) is 5.26. The molecule has 0 bridgehead atoms. The highest BCUT2D eigenvalue weighted by atomic mass is 35.5. The predicted octanol–water partition coefficient (Wildman–Crippen LogP) is 4.80. The third-order valence-corrected chi connectivity index (χ3v) is 7.51. The first-order valence-electron chi connectivity index (χ1n) is 12.4. The molecule has 1 fully saturated rings. The number of anilines is 2. The van der Waals surface area contributed by atoms with E-state index < -0.39 is 0 Å². The van der Waals surface area contributed by atoms with Gasteiger partial charge in [-0.25, -0.2) is 4.98 Å². The van der Waals surface area contributed by atoms with E-state index in [2.05, 4.69) is 17.2 Å². The van der Waals surface area contributed by atoms with E-state index >= 15 is 0 Å². The zero-order chi connectivity index (χ0) is 27.2. The van der Waals surface area contributed by atoms with Crippen molar-refractivity contribution < 1.29 is 14.4 Å². The van der Waals surface area contributed by atoms with Crippen LogP contribution in [0.25, 0.3) is 11.0 Å². The molecule has 0 saturated carbocycles. The molecule has 2 N–H and O–H groups in total. The monoisotopic (exact) mass is 554 g/mol. The van der Waals surface area contributed by atoms with Gasteiger partial charge in [0.15, 0.2) is 0 Å². The molecule has 0 spiro atoms. The second kappa shape index (κ2) is 12.4. The van der Waals surface area contributed by atoms with Crippen LogP contribution in [0.4, 0.5) is 10.9 Å². The third-order valence-electron chi connectivity index (χ3n) is 6.20. The maximum absolute atomic E-state index is 13.2. The van der Waals surface area contributed by atoms with E-state index in [1.165, 1.54) is 6.08 Å². The van der Waals surface area contributed by atoms with E-state index in [-0.39, 0.29) is 23.8 Å². The van der Waals surface area contributed by atoms with Crippen molar-refractivity contribution in [2.45, 2.75) is 25.3 Å². The number of likely N-dealkylation sites (N-methyl/N-ethyl adjacent to an activating group) is 1. The number of halogens is 1. The Labute approximate surface area is 230 Å². The quantitative estimate of drug-likeness (QED) is 0.390. The molecule has 200 valence electrons. The van der Waals surface area contributed by atoms with E-state index in [0.29, 0.717) is 46.0 Å². The maximum atomic E-state index is 13.2. The van der Waals surface area contributed by atoms with Gasteiger partial charge in [-0.15, -0.1) is 11.3 Å². The Morgan fingerprint density at radius 2 is 2.03 bits per heavy atom. The summed E-state index contributed by atoms with van der Waals surface area (Å²) in [5, 5.41) is 6.67. The van der Waals surface area contributed by atoms with E-state index in [1.807, 2.05) is 46.7 Å². The zero-order valence-corrected chi connectivity index (χ0v) is 23.0. The SMILES string of the molecule is C=CC(=O)Nc1ccc(C(=O)Nc2nc3cccc(Cl)c3n2[C@@H]2CCCCN(C(=O)/C=C/CN(C)C)C2)s1. The number of benzene rings is 1. The highest BCUT2D eigenvalue weighted by Gasteiger charge is 2.27. The lowest BCUT2D eigenvalue weighted by Gasteiger charge is -2.26. The summed E-state index contributed by atoms with van der Waals surface area (Å²) in [5.74, 6) is -0.368. The van der Waals surface area contributed by atoms with Crippen LogP contribution in [0.3, 0.4) is 0 Å². The number of amides is 3. The van der Waals surface area contributed by atoms with E-state index in [4.69, 9.17) is 16.6 Å². The number of aromatic nitrogens is 2. The molecule has 3 amide bonds. The molecule has 1 aliphatic rings. The van der Waals surface area contributed by atoms with Crippen LogP contribution in [0.5, 0.6) is 0 Å². The lowest BCUT2D eigenvalue weighted by atomic mass is 10.1. The Bertz CT molecular complexity index is 1380. The number of para-hydroxylation sites is 1. The van der Waals surface area contributed by atoms with Crippen LogP contribution in [0.15, 0.2) is 55.1 Å². The van der Waals surface area contributed by atoms with Gasteiger partial charge >= 0.3 is 0 Å². The number of fused-ring (bicyclic) bond motifs is 1. The first-order chi connectivity index (χ1) is 18.3. The van der Waals surface area contributed by atoms with E-state index in [0.717, 1.165) is 36.1 Å².